The van der Waals surface area contributed by atoms with Gasteiger partial charge in [-0.3, -0.25) is 14.4 Å². The molecule has 3 N–H and O–H groups in total. The van der Waals surface area contributed by atoms with Gasteiger partial charge in [0, 0.05) is 12.3 Å². The quantitative estimate of drug-likeness (QED) is 0.288. The topological polar surface area (TPSA) is 134 Å². The molecule has 1 aromatic rings. The number of aryl methyl sites for hydroxylation is 1. The van der Waals surface area contributed by atoms with Gasteiger partial charge in [-0.05, 0) is 33.3 Å². The number of benzene rings is 1. The molecule has 0 spiro atoms. The summed E-state index contributed by atoms with van der Waals surface area (Å²) in [6.45, 7) is 5.83. The average molecular weight is 484 g/mol. The summed E-state index contributed by atoms with van der Waals surface area (Å²) in [5, 5.41) is 14.5. The molecule has 0 aliphatic rings. The molecule has 1 rings (SSSR count). The summed E-state index contributed by atoms with van der Waals surface area (Å²) in [6, 6.07) is 4.61. The van der Waals surface area contributed by atoms with Gasteiger partial charge in [0.1, 0.15) is 24.2 Å². The minimum Gasteiger partial charge on any atom is -0.468 e. The third-order valence-electron chi connectivity index (χ3n) is 4.35. The van der Waals surface area contributed by atoms with E-state index in [4.69, 9.17) is 4.74 Å². The number of carbonyl (C=O) groups excluding carboxylic acids is 4. The van der Waals surface area contributed by atoms with E-state index in [1.807, 2.05) is 13.0 Å². The van der Waals surface area contributed by atoms with Crippen LogP contribution in [0.1, 0.15) is 37.9 Å². The second kappa shape index (κ2) is 13.0. The molecule has 0 aromatic heterocycles. The number of nitrogens with zero attached hydrogens (tertiary/aromatic N) is 1. The van der Waals surface area contributed by atoms with Crippen molar-refractivity contribution < 1.29 is 33.8 Å². The fourth-order valence-corrected chi connectivity index (χ4v) is 3.20. The lowest BCUT2D eigenvalue weighted by Crippen LogP contribution is -2.54. The lowest BCUT2D eigenvalue weighted by Gasteiger charge is -2.33. The van der Waals surface area contributed by atoms with Crippen LogP contribution in [0, 0.1) is 6.92 Å². The number of methoxy groups -OCH3 is 1. The van der Waals surface area contributed by atoms with Gasteiger partial charge >= 0.3 is 12.1 Å². The van der Waals surface area contributed by atoms with Crippen molar-refractivity contribution in [1.82, 2.24) is 15.5 Å². The summed E-state index contributed by atoms with van der Waals surface area (Å²) in [4.78, 5) is 51.4. The molecular weight excluding hydrogens is 450 g/mol. The number of ether oxygens (including phenoxy) is 2. The number of esters is 1. The highest BCUT2D eigenvalue weighted by atomic mass is 32.1. The number of aliphatic hydroxyl groups excluding tert-OH is 1. The summed E-state index contributed by atoms with van der Waals surface area (Å²) in [6.07, 6.45) is -0.818. The lowest BCUT2D eigenvalue weighted by atomic mass is 10.0. The van der Waals surface area contributed by atoms with Gasteiger partial charge in [0.05, 0.1) is 13.7 Å². The van der Waals surface area contributed by atoms with E-state index in [2.05, 4.69) is 28.0 Å². The molecule has 0 saturated heterocycles. The van der Waals surface area contributed by atoms with Crippen LogP contribution < -0.4 is 10.6 Å². The molecule has 1 aromatic carbocycles. The minimum absolute atomic E-state index is 0.0790. The molecule has 2 atom stereocenters. The number of thiol groups is 1. The molecule has 0 aliphatic carbocycles. The number of carbonyl (C=O) groups is 4. The van der Waals surface area contributed by atoms with Crippen molar-refractivity contribution in [3.63, 3.8) is 0 Å². The zero-order chi connectivity index (χ0) is 25.2. The van der Waals surface area contributed by atoms with E-state index in [0.717, 1.165) is 10.5 Å². The normalized spacial score (nSPS) is 12.8. The standard InChI is InChI=1S/C22H33N3O7S/c1-14-7-6-8-15(11-14)18(19(28)23-12-17(27)31-5)25(9-10-26)20(29)16(13-33)24-21(30)32-22(2,3)4/h6-8,11,16,18,26,33H,9-10,12-13H2,1-5H3,(H,23,28)(H,24,30). The molecule has 184 valence electrons. The highest BCUT2D eigenvalue weighted by Gasteiger charge is 2.35. The van der Waals surface area contributed by atoms with E-state index < -0.39 is 54.7 Å². The third kappa shape index (κ3) is 9.30. The van der Waals surface area contributed by atoms with Gasteiger partial charge in [-0.2, -0.15) is 12.6 Å². The minimum atomic E-state index is -1.18. The smallest absolute Gasteiger partial charge is 0.408 e. The van der Waals surface area contributed by atoms with Crippen LogP contribution in [0.3, 0.4) is 0 Å². The van der Waals surface area contributed by atoms with Gasteiger partial charge in [0.25, 0.3) is 0 Å². The number of amides is 3. The Balaban J connectivity index is 3.29. The van der Waals surface area contributed by atoms with Crippen LogP contribution >= 0.6 is 12.6 Å². The Labute approximate surface area is 199 Å². The van der Waals surface area contributed by atoms with Crippen molar-refractivity contribution >= 4 is 36.5 Å². The molecule has 3 amide bonds. The van der Waals surface area contributed by atoms with Crippen LogP contribution in [0.5, 0.6) is 0 Å². The van der Waals surface area contributed by atoms with Gasteiger partial charge in [0.2, 0.25) is 11.8 Å². The second-order valence-corrected chi connectivity index (χ2v) is 8.61. The van der Waals surface area contributed by atoms with Gasteiger partial charge in [-0.1, -0.05) is 29.8 Å². The molecule has 0 fully saturated rings. The number of alkyl carbamates (subject to hydrolysis) is 1. The van der Waals surface area contributed by atoms with Crippen LogP contribution in [0.25, 0.3) is 0 Å². The van der Waals surface area contributed by atoms with E-state index in [1.54, 1.807) is 39.0 Å². The highest BCUT2D eigenvalue weighted by molar-refractivity contribution is 7.80. The van der Waals surface area contributed by atoms with Crippen molar-refractivity contribution in [3.8, 4) is 0 Å². The molecule has 0 heterocycles. The largest absolute Gasteiger partial charge is 0.468 e. The van der Waals surface area contributed by atoms with E-state index in [1.165, 1.54) is 7.11 Å². The van der Waals surface area contributed by atoms with Crippen molar-refractivity contribution in [2.45, 2.75) is 45.4 Å². The monoisotopic (exact) mass is 483 g/mol. The van der Waals surface area contributed by atoms with Crippen LogP contribution in [-0.2, 0) is 23.9 Å². The molecule has 33 heavy (non-hydrogen) atoms. The Morgan fingerprint density at radius 2 is 1.88 bits per heavy atom. The number of aliphatic hydroxyl groups is 1. The lowest BCUT2D eigenvalue weighted by molar-refractivity contribution is -0.144. The number of nitrogens with one attached hydrogen (secondary N) is 2. The molecule has 0 aliphatic heterocycles. The first-order chi connectivity index (χ1) is 15.4. The van der Waals surface area contributed by atoms with Gasteiger partial charge in [-0.15, -0.1) is 0 Å². The SMILES string of the molecule is COC(=O)CNC(=O)C(c1cccc(C)c1)N(CCO)C(=O)C(CS)NC(=O)OC(C)(C)C. The van der Waals surface area contributed by atoms with E-state index in [-0.39, 0.29) is 12.3 Å². The van der Waals surface area contributed by atoms with Crippen LogP contribution in [0.15, 0.2) is 24.3 Å². The first kappa shape index (κ1) is 28.2. The Kier molecular flexibility index (Phi) is 11.2. The van der Waals surface area contributed by atoms with Gasteiger partial charge < -0.3 is 30.1 Å². The first-order valence-corrected chi connectivity index (χ1v) is 11.0. The fraction of sp³-hybridized carbons (Fsp3) is 0.545. The Hall–Kier alpha value is -2.79. The number of hydrogen-bond donors (Lipinski definition) is 4. The molecular formula is C22H33N3O7S. The summed E-state index contributed by atoms with van der Waals surface area (Å²) in [7, 11) is 1.19. The van der Waals surface area contributed by atoms with Gasteiger partial charge in [0.15, 0.2) is 0 Å². The molecule has 0 radical (unpaired) electrons. The predicted octanol–water partition coefficient (Wildman–Crippen LogP) is 0.969. The zero-order valence-electron chi connectivity index (χ0n) is 19.6. The van der Waals surface area contributed by atoms with E-state index >= 15 is 0 Å². The van der Waals surface area contributed by atoms with Crippen molar-refractivity contribution in [2.24, 2.45) is 0 Å². The van der Waals surface area contributed by atoms with Gasteiger partial charge in [-0.25, -0.2) is 4.79 Å². The maximum absolute atomic E-state index is 13.4. The zero-order valence-corrected chi connectivity index (χ0v) is 20.5. The van der Waals surface area contributed by atoms with Crippen LogP contribution in [0.2, 0.25) is 0 Å². The maximum Gasteiger partial charge on any atom is 0.408 e. The molecule has 0 bridgehead atoms. The Morgan fingerprint density at radius 3 is 2.39 bits per heavy atom. The summed E-state index contributed by atoms with van der Waals surface area (Å²) < 4.78 is 9.76. The fourth-order valence-electron chi connectivity index (χ4n) is 2.95. The van der Waals surface area contributed by atoms with Crippen molar-refractivity contribution in [3.05, 3.63) is 35.4 Å². The Bertz CT molecular complexity index is 842. The van der Waals surface area contributed by atoms with Crippen molar-refractivity contribution in [1.29, 1.82) is 0 Å². The average Bonchev–Trinajstić information content (AvgIpc) is 2.73. The third-order valence-corrected chi connectivity index (χ3v) is 4.71. The number of rotatable bonds is 10. The Morgan fingerprint density at radius 1 is 1.21 bits per heavy atom. The highest BCUT2D eigenvalue weighted by Crippen LogP contribution is 2.23. The van der Waals surface area contributed by atoms with E-state index in [0.29, 0.717) is 5.56 Å². The summed E-state index contributed by atoms with van der Waals surface area (Å²) in [5.74, 6) is -2.04. The molecule has 2 unspecified atom stereocenters. The molecule has 11 heteroatoms. The van der Waals surface area contributed by atoms with Crippen LogP contribution in [0.4, 0.5) is 4.79 Å². The molecule has 10 nitrogen and oxygen atoms in total. The van der Waals surface area contributed by atoms with E-state index in [9.17, 15) is 24.3 Å². The van der Waals surface area contributed by atoms with Crippen LogP contribution in [-0.4, -0.2) is 78.1 Å². The summed E-state index contributed by atoms with van der Waals surface area (Å²) in [5.41, 5.74) is 0.526. The van der Waals surface area contributed by atoms with Crippen molar-refractivity contribution in [2.75, 3.05) is 32.6 Å². The number of hydrogen-bond acceptors (Lipinski definition) is 8. The predicted molar refractivity (Wildman–Crippen MR) is 125 cm³/mol. The summed E-state index contributed by atoms with van der Waals surface area (Å²) >= 11 is 4.17. The second-order valence-electron chi connectivity index (χ2n) is 8.25. The molecule has 0 saturated carbocycles. The maximum atomic E-state index is 13.4. The first-order valence-electron chi connectivity index (χ1n) is 10.4.